The van der Waals surface area contributed by atoms with Crippen LogP contribution in [0.4, 0.5) is 0 Å². The van der Waals surface area contributed by atoms with Crippen LogP contribution in [0, 0.1) is 0 Å². The second-order valence-corrected chi connectivity index (χ2v) is 6.40. The predicted molar refractivity (Wildman–Crippen MR) is 95.5 cm³/mol. The molecule has 1 aromatic heterocycles. The smallest absolute Gasteiger partial charge is 0.194 e. The lowest BCUT2D eigenvalue weighted by atomic mass is 10.1. The van der Waals surface area contributed by atoms with Crippen molar-refractivity contribution in [2.75, 3.05) is 39.4 Å². The van der Waals surface area contributed by atoms with Crippen LogP contribution in [0.15, 0.2) is 29.5 Å². The number of nitrogens with zero attached hydrogens (tertiary/aromatic N) is 3. The van der Waals surface area contributed by atoms with E-state index in [1.165, 1.54) is 0 Å². The molecule has 2 aliphatic rings. The first-order valence-corrected chi connectivity index (χ1v) is 9.12. The minimum absolute atomic E-state index is 0.0882. The zero-order chi connectivity index (χ0) is 17.5. The minimum atomic E-state index is -0.633. The van der Waals surface area contributed by atoms with Gasteiger partial charge in [-0.3, -0.25) is 9.98 Å². The van der Waals surface area contributed by atoms with E-state index < -0.39 is 6.10 Å². The van der Waals surface area contributed by atoms with E-state index in [4.69, 9.17) is 9.47 Å². The van der Waals surface area contributed by atoms with Gasteiger partial charge in [0.15, 0.2) is 5.96 Å². The lowest BCUT2D eigenvalue weighted by molar-refractivity contribution is -0.0817. The molecular weight excluding hydrogens is 320 g/mol. The van der Waals surface area contributed by atoms with Crippen molar-refractivity contribution >= 4 is 5.96 Å². The number of nitrogens with one attached hydrogen (secondary N) is 1. The summed E-state index contributed by atoms with van der Waals surface area (Å²) in [6.45, 7) is 6.20. The average Bonchev–Trinajstić information content (AvgIpc) is 3.20. The fraction of sp³-hybridized carbons (Fsp3) is 0.667. The molecule has 7 heteroatoms. The zero-order valence-corrected chi connectivity index (χ0v) is 14.8. The maximum absolute atomic E-state index is 10.3. The van der Waals surface area contributed by atoms with Gasteiger partial charge in [-0.15, -0.1) is 0 Å². The molecule has 1 aromatic rings. The summed E-state index contributed by atoms with van der Waals surface area (Å²) in [5.41, 5.74) is 0.828. The molecule has 3 rings (SSSR count). The van der Waals surface area contributed by atoms with Crippen LogP contribution in [-0.4, -0.2) is 72.6 Å². The first-order chi connectivity index (χ1) is 12.3. The Bertz CT molecular complexity index is 549. The summed E-state index contributed by atoms with van der Waals surface area (Å²) in [5, 5.41) is 13.7. The standard InChI is InChI=1S/C18H28N4O3/c1-2-20-18(21-12-15(23)14-5-7-19-8-6-14)22-9-11-25-17(13-22)16-4-3-10-24-16/h5-8,15-17,23H,2-4,9-13H2,1H3,(H,20,21). The van der Waals surface area contributed by atoms with Crippen LogP contribution in [0.5, 0.6) is 0 Å². The molecule has 3 atom stereocenters. The van der Waals surface area contributed by atoms with Crippen molar-refractivity contribution in [1.29, 1.82) is 0 Å². The van der Waals surface area contributed by atoms with Gasteiger partial charge in [0.05, 0.1) is 25.4 Å². The molecule has 7 nitrogen and oxygen atoms in total. The first kappa shape index (κ1) is 18.1. The molecule has 2 aliphatic heterocycles. The summed E-state index contributed by atoms with van der Waals surface area (Å²) in [6, 6.07) is 3.63. The van der Waals surface area contributed by atoms with Gasteiger partial charge in [0, 0.05) is 38.6 Å². The lowest BCUT2D eigenvalue weighted by Crippen LogP contribution is -2.53. The van der Waals surface area contributed by atoms with Crippen molar-refractivity contribution in [2.24, 2.45) is 4.99 Å². The normalized spacial score (nSPS) is 25.8. The molecule has 3 heterocycles. The second-order valence-electron chi connectivity index (χ2n) is 6.40. The number of rotatable bonds is 5. The summed E-state index contributed by atoms with van der Waals surface area (Å²) in [4.78, 5) is 10.8. The van der Waals surface area contributed by atoms with Gasteiger partial charge >= 0.3 is 0 Å². The van der Waals surface area contributed by atoms with E-state index in [1.54, 1.807) is 12.4 Å². The molecule has 2 saturated heterocycles. The highest BCUT2D eigenvalue weighted by Gasteiger charge is 2.32. The SMILES string of the molecule is CCNC(=NCC(O)c1ccncc1)N1CCOC(C2CCCO2)C1. The van der Waals surface area contributed by atoms with E-state index in [0.29, 0.717) is 13.2 Å². The Hall–Kier alpha value is -1.70. The number of aromatic nitrogens is 1. The summed E-state index contributed by atoms with van der Waals surface area (Å²) >= 11 is 0. The van der Waals surface area contributed by atoms with Crippen LogP contribution in [0.3, 0.4) is 0 Å². The Labute approximate surface area is 149 Å². The fourth-order valence-electron chi connectivity index (χ4n) is 3.28. The zero-order valence-electron chi connectivity index (χ0n) is 14.8. The van der Waals surface area contributed by atoms with Gasteiger partial charge in [-0.25, -0.2) is 0 Å². The molecule has 0 aromatic carbocycles. The molecule has 0 spiro atoms. The number of hydrogen-bond acceptors (Lipinski definition) is 5. The van der Waals surface area contributed by atoms with Crippen molar-refractivity contribution < 1.29 is 14.6 Å². The van der Waals surface area contributed by atoms with Gasteiger partial charge in [0.1, 0.15) is 6.10 Å². The Morgan fingerprint density at radius 3 is 2.88 bits per heavy atom. The van der Waals surface area contributed by atoms with Crippen LogP contribution in [0.2, 0.25) is 0 Å². The number of aliphatic hydroxyl groups is 1. The summed E-state index contributed by atoms with van der Waals surface area (Å²) in [5.74, 6) is 0.821. The Morgan fingerprint density at radius 1 is 1.36 bits per heavy atom. The number of aliphatic imine (C=N–C) groups is 1. The van der Waals surface area contributed by atoms with Gasteiger partial charge < -0.3 is 24.8 Å². The number of aliphatic hydroxyl groups excluding tert-OH is 1. The third-order valence-corrected chi connectivity index (χ3v) is 4.61. The molecule has 0 aliphatic carbocycles. The van der Waals surface area contributed by atoms with Crippen molar-refractivity contribution in [3.8, 4) is 0 Å². The Kier molecular flexibility index (Phi) is 6.61. The molecule has 2 N–H and O–H groups in total. The number of hydrogen-bond donors (Lipinski definition) is 2. The number of ether oxygens (including phenoxy) is 2. The van der Waals surface area contributed by atoms with Gasteiger partial charge in [-0.1, -0.05) is 0 Å². The first-order valence-electron chi connectivity index (χ1n) is 9.12. The molecule has 0 radical (unpaired) electrons. The quantitative estimate of drug-likeness (QED) is 0.610. The van der Waals surface area contributed by atoms with E-state index in [1.807, 2.05) is 19.1 Å². The Balaban J connectivity index is 1.62. The highest BCUT2D eigenvalue weighted by Crippen LogP contribution is 2.21. The molecule has 2 fully saturated rings. The van der Waals surface area contributed by atoms with Crippen LogP contribution in [0.1, 0.15) is 31.4 Å². The van der Waals surface area contributed by atoms with Gasteiger partial charge in [-0.2, -0.15) is 0 Å². The lowest BCUT2D eigenvalue weighted by Gasteiger charge is -2.37. The minimum Gasteiger partial charge on any atom is -0.386 e. The maximum Gasteiger partial charge on any atom is 0.194 e. The maximum atomic E-state index is 10.3. The molecule has 0 saturated carbocycles. The van der Waals surface area contributed by atoms with E-state index in [9.17, 15) is 5.11 Å². The van der Waals surface area contributed by atoms with Crippen molar-refractivity contribution in [3.63, 3.8) is 0 Å². The van der Waals surface area contributed by atoms with Gasteiger partial charge in [-0.05, 0) is 37.5 Å². The van der Waals surface area contributed by atoms with Crippen molar-refractivity contribution in [3.05, 3.63) is 30.1 Å². The monoisotopic (exact) mass is 348 g/mol. The van der Waals surface area contributed by atoms with Crippen LogP contribution in [-0.2, 0) is 9.47 Å². The van der Waals surface area contributed by atoms with Gasteiger partial charge in [0.25, 0.3) is 0 Å². The van der Waals surface area contributed by atoms with Gasteiger partial charge in [0.2, 0.25) is 0 Å². The van der Waals surface area contributed by atoms with E-state index in [2.05, 4.69) is 20.2 Å². The summed E-state index contributed by atoms with van der Waals surface area (Å²) < 4.78 is 11.7. The average molecular weight is 348 g/mol. The number of morpholine rings is 1. The van der Waals surface area contributed by atoms with Crippen molar-refractivity contribution in [2.45, 2.75) is 38.1 Å². The largest absolute Gasteiger partial charge is 0.386 e. The predicted octanol–water partition coefficient (Wildman–Crippen LogP) is 0.960. The third kappa shape index (κ3) is 4.90. The van der Waals surface area contributed by atoms with Crippen molar-refractivity contribution in [1.82, 2.24) is 15.2 Å². The van der Waals surface area contributed by atoms with E-state index in [-0.39, 0.29) is 12.2 Å². The third-order valence-electron chi connectivity index (χ3n) is 4.61. The highest BCUT2D eigenvalue weighted by atomic mass is 16.5. The van der Waals surface area contributed by atoms with Crippen LogP contribution in [0.25, 0.3) is 0 Å². The topological polar surface area (TPSA) is 79.2 Å². The molecule has 138 valence electrons. The molecule has 25 heavy (non-hydrogen) atoms. The summed E-state index contributed by atoms with van der Waals surface area (Å²) in [7, 11) is 0. The second kappa shape index (κ2) is 9.12. The fourth-order valence-corrected chi connectivity index (χ4v) is 3.28. The van der Waals surface area contributed by atoms with Crippen LogP contribution >= 0.6 is 0 Å². The van der Waals surface area contributed by atoms with E-state index >= 15 is 0 Å². The van der Waals surface area contributed by atoms with E-state index in [0.717, 1.165) is 50.6 Å². The molecule has 3 unspecified atom stereocenters. The highest BCUT2D eigenvalue weighted by molar-refractivity contribution is 5.80. The number of guanidine groups is 1. The van der Waals surface area contributed by atoms with Crippen LogP contribution < -0.4 is 5.32 Å². The Morgan fingerprint density at radius 2 is 2.16 bits per heavy atom. The summed E-state index contributed by atoms with van der Waals surface area (Å²) in [6.07, 6.45) is 5.18. The molecular formula is C18H28N4O3. The molecule has 0 bridgehead atoms. The number of pyridine rings is 1. The molecule has 0 amide bonds.